The number of nitrogens with two attached hydrogens (primary N) is 1. The summed E-state index contributed by atoms with van der Waals surface area (Å²) in [4.78, 5) is 37.6. The molecule has 0 aliphatic heterocycles. The largest absolute Gasteiger partial charge is 0.466 e. The lowest BCUT2D eigenvalue weighted by atomic mass is 9.78. The quantitative estimate of drug-likeness (QED) is 0.194. The number of ether oxygens (including phenoxy) is 3. The van der Waals surface area contributed by atoms with Gasteiger partial charge in [-0.2, -0.15) is 0 Å². The highest BCUT2D eigenvalue weighted by Crippen LogP contribution is 2.33. The summed E-state index contributed by atoms with van der Waals surface area (Å²) in [7, 11) is 0. The first kappa shape index (κ1) is 23.1. The second-order valence-corrected chi connectivity index (χ2v) is 6.12. The van der Waals surface area contributed by atoms with Gasteiger partial charge in [0.1, 0.15) is 5.84 Å². The van der Waals surface area contributed by atoms with Crippen molar-refractivity contribution in [2.45, 2.75) is 40.0 Å². The summed E-state index contributed by atoms with van der Waals surface area (Å²) in [5.74, 6) is -2.33. The van der Waals surface area contributed by atoms with Gasteiger partial charge in [-0.15, -0.1) is 0 Å². The van der Waals surface area contributed by atoms with Gasteiger partial charge in [-0.25, -0.2) is 0 Å². The minimum Gasteiger partial charge on any atom is -0.466 e. The zero-order valence-corrected chi connectivity index (χ0v) is 16.6. The van der Waals surface area contributed by atoms with Crippen molar-refractivity contribution in [1.29, 1.82) is 5.41 Å². The van der Waals surface area contributed by atoms with Crippen LogP contribution in [0.4, 0.5) is 0 Å². The molecule has 28 heavy (non-hydrogen) atoms. The van der Waals surface area contributed by atoms with Gasteiger partial charge in [0.25, 0.3) is 0 Å². The lowest BCUT2D eigenvalue weighted by Crippen LogP contribution is -2.44. The maximum Gasteiger partial charge on any atom is 0.324 e. The Morgan fingerprint density at radius 2 is 1.43 bits per heavy atom. The Hall–Kier alpha value is -2.90. The smallest absolute Gasteiger partial charge is 0.324 e. The highest BCUT2D eigenvalue weighted by atomic mass is 16.6. The molecular formula is C20H28N2O6. The molecule has 0 unspecified atom stereocenters. The Kier molecular flexibility index (Phi) is 9.14. The molecule has 0 saturated carbocycles. The van der Waals surface area contributed by atoms with Gasteiger partial charge in [-0.1, -0.05) is 24.3 Å². The van der Waals surface area contributed by atoms with Crippen LogP contribution in [0.25, 0.3) is 0 Å². The lowest BCUT2D eigenvalue weighted by Gasteiger charge is -2.28. The molecule has 8 heteroatoms. The summed E-state index contributed by atoms with van der Waals surface area (Å²) in [5.41, 5.74) is 5.04. The Labute approximate surface area is 164 Å². The molecule has 0 spiro atoms. The fraction of sp³-hybridized carbons (Fsp3) is 0.500. The van der Waals surface area contributed by atoms with Crippen LogP contribution in [0, 0.1) is 10.8 Å². The first-order valence-corrected chi connectivity index (χ1v) is 9.24. The molecule has 8 nitrogen and oxygen atoms in total. The summed E-state index contributed by atoms with van der Waals surface area (Å²) < 4.78 is 15.2. The van der Waals surface area contributed by atoms with Crippen molar-refractivity contribution in [3.63, 3.8) is 0 Å². The maximum absolute atomic E-state index is 12.7. The van der Waals surface area contributed by atoms with Gasteiger partial charge in [0.05, 0.1) is 26.2 Å². The van der Waals surface area contributed by atoms with E-state index in [0.717, 1.165) is 5.56 Å². The maximum atomic E-state index is 12.7. The second-order valence-electron chi connectivity index (χ2n) is 6.12. The van der Waals surface area contributed by atoms with E-state index in [1.165, 1.54) is 0 Å². The number of hydrogen-bond acceptors (Lipinski definition) is 7. The Morgan fingerprint density at radius 1 is 0.929 bits per heavy atom. The highest BCUT2D eigenvalue weighted by Gasteiger charge is 2.50. The highest BCUT2D eigenvalue weighted by molar-refractivity contribution is 6.03. The van der Waals surface area contributed by atoms with Gasteiger partial charge in [0, 0.05) is 5.56 Å². The van der Waals surface area contributed by atoms with Crippen molar-refractivity contribution in [3.05, 3.63) is 35.4 Å². The Morgan fingerprint density at radius 3 is 1.86 bits per heavy atom. The van der Waals surface area contributed by atoms with Gasteiger partial charge in [0.2, 0.25) is 0 Å². The van der Waals surface area contributed by atoms with Crippen LogP contribution in [-0.2, 0) is 35.0 Å². The van der Waals surface area contributed by atoms with Crippen LogP contribution in [0.15, 0.2) is 24.3 Å². The topological polar surface area (TPSA) is 129 Å². The number of benzene rings is 1. The third kappa shape index (κ3) is 6.07. The van der Waals surface area contributed by atoms with E-state index in [1.54, 1.807) is 45.0 Å². The SMILES string of the molecule is CCOC(=O)CC(CCc1ccc(C(=N)N)cc1)(C(=O)OCC)C(=O)OCC. The average Bonchev–Trinajstić information content (AvgIpc) is 2.66. The summed E-state index contributed by atoms with van der Waals surface area (Å²) in [5, 5.41) is 7.43. The van der Waals surface area contributed by atoms with E-state index >= 15 is 0 Å². The molecule has 0 heterocycles. The molecule has 0 aliphatic carbocycles. The molecule has 1 aromatic rings. The molecule has 0 amide bonds. The van der Waals surface area contributed by atoms with Crippen LogP contribution in [-0.4, -0.2) is 43.6 Å². The molecule has 0 atom stereocenters. The number of carbonyl (C=O) groups excluding carboxylic acids is 3. The molecule has 0 radical (unpaired) electrons. The predicted molar refractivity (Wildman–Crippen MR) is 103 cm³/mol. The molecular weight excluding hydrogens is 364 g/mol. The average molecular weight is 392 g/mol. The molecule has 154 valence electrons. The molecule has 3 N–H and O–H groups in total. The van der Waals surface area contributed by atoms with Crippen LogP contribution >= 0.6 is 0 Å². The van der Waals surface area contributed by atoms with Crippen LogP contribution in [0.3, 0.4) is 0 Å². The Bertz CT molecular complexity index is 681. The molecule has 0 aromatic heterocycles. The minimum absolute atomic E-state index is 0.0168. The monoisotopic (exact) mass is 392 g/mol. The number of carbonyl (C=O) groups is 3. The van der Waals surface area contributed by atoms with Crippen molar-refractivity contribution in [2.24, 2.45) is 11.1 Å². The van der Waals surface area contributed by atoms with Gasteiger partial charge < -0.3 is 19.9 Å². The van der Waals surface area contributed by atoms with Crippen molar-refractivity contribution in [3.8, 4) is 0 Å². The van der Waals surface area contributed by atoms with E-state index in [9.17, 15) is 14.4 Å². The third-order valence-corrected chi connectivity index (χ3v) is 4.19. The summed E-state index contributed by atoms with van der Waals surface area (Å²) in [6.45, 7) is 5.15. The van der Waals surface area contributed by atoms with E-state index < -0.39 is 29.7 Å². The number of rotatable bonds is 11. The van der Waals surface area contributed by atoms with E-state index in [-0.39, 0.29) is 32.1 Å². The number of nitrogen functional groups attached to an aromatic ring is 1. The van der Waals surface area contributed by atoms with Gasteiger partial charge in [-0.05, 0) is 39.2 Å². The van der Waals surface area contributed by atoms with Crippen molar-refractivity contribution in [1.82, 2.24) is 0 Å². The number of esters is 3. The van der Waals surface area contributed by atoms with E-state index in [4.69, 9.17) is 25.4 Å². The summed E-state index contributed by atoms with van der Waals surface area (Å²) in [6, 6.07) is 6.86. The standard InChI is InChI=1S/C20H28N2O6/c1-4-26-16(23)13-20(18(24)27-5-2,19(25)28-6-3)12-11-14-7-9-15(10-8-14)17(21)22/h7-10H,4-6,11-13H2,1-3H3,(H3,21,22). The van der Waals surface area contributed by atoms with Crippen LogP contribution in [0.5, 0.6) is 0 Å². The minimum atomic E-state index is -1.78. The van der Waals surface area contributed by atoms with E-state index in [2.05, 4.69) is 0 Å². The van der Waals surface area contributed by atoms with Crippen LogP contribution in [0.2, 0.25) is 0 Å². The summed E-state index contributed by atoms with van der Waals surface area (Å²) in [6.07, 6.45) is -0.123. The molecule has 0 aliphatic rings. The number of nitrogens with one attached hydrogen (secondary N) is 1. The third-order valence-electron chi connectivity index (χ3n) is 4.19. The summed E-state index contributed by atoms with van der Waals surface area (Å²) >= 11 is 0. The molecule has 0 saturated heterocycles. The van der Waals surface area contributed by atoms with Crippen molar-refractivity contribution in [2.75, 3.05) is 19.8 Å². The number of hydrogen-bond donors (Lipinski definition) is 2. The lowest BCUT2D eigenvalue weighted by molar-refractivity contribution is -0.177. The molecule has 1 rings (SSSR count). The van der Waals surface area contributed by atoms with Crippen LogP contribution < -0.4 is 5.73 Å². The van der Waals surface area contributed by atoms with E-state index in [0.29, 0.717) is 12.0 Å². The first-order chi connectivity index (χ1) is 13.3. The fourth-order valence-electron chi connectivity index (χ4n) is 2.73. The normalized spacial score (nSPS) is 10.8. The van der Waals surface area contributed by atoms with Gasteiger partial charge in [-0.3, -0.25) is 19.8 Å². The van der Waals surface area contributed by atoms with Gasteiger partial charge >= 0.3 is 17.9 Å². The zero-order valence-electron chi connectivity index (χ0n) is 16.6. The van der Waals surface area contributed by atoms with E-state index in [1.807, 2.05) is 0 Å². The predicted octanol–water partition coefficient (Wildman–Crippen LogP) is 1.97. The fourth-order valence-corrected chi connectivity index (χ4v) is 2.73. The molecule has 0 fully saturated rings. The van der Waals surface area contributed by atoms with Crippen molar-refractivity contribution >= 4 is 23.7 Å². The molecule has 0 bridgehead atoms. The first-order valence-electron chi connectivity index (χ1n) is 9.24. The Balaban J connectivity index is 3.17. The van der Waals surface area contributed by atoms with Crippen molar-refractivity contribution < 1.29 is 28.6 Å². The number of amidine groups is 1. The zero-order chi connectivity index (χ0) is 21.2. The van der Waals surface area contributed by atoms with Crippen LogP contribution in [0.1, 0.15) is 44.7 Å². The van der Waals surface area contributed by atoms with Gasteiger partial charge in [0.15, 0.2) is 5.41 Å². The number of aryl methyl sites for hydroxylation is 1. The second kappa shape index (κ2) is 11.1. The molecule has 1 aromatic carbocycles.